The van der Waals surface area contributed by atoms with E-state index < -0.39 is 0 Å². The van der Waals surface area contributed by atoms with Crippen molar-refractivity contribution in [3.05, 3.63) is 23.9 Å². The Bertz CT molecular complexity index is 479. The van der Waals surface area contributed by atoms with E-state index in [1.165, 1.54) is 5.69 Å². The van der Waals surface area contributed by atoms with Crippen molar-refractivity contribution in [1.29, 1.82) is 0 Å². The van der Waals surface area contributed by atoms with Crippen LogP contribution < -0.4 is 4.74 Å². The molecule has 0 aliphatic carbocycles. The number of ether oxygens (including phenoxy) is 1. The second kappa shape index (κ2) is 4.23. The van der Waals surface area contributed by atoms with Crippen molar-refractivity contribution in [2.75, 3.05) is 7.11 Å². The summed E-state index contributed by atoms with van der Waals surface area (Å²) in [6.07, 6.45) is 0. The minimum absolute atomic E-state index is 0.789. The van der Waals surface area contributed by atoms with Gasteiger partial charge >= 0.3 is 0 Å². The smallest absolute Gasteiger partial charge is 0.130 e. The molecule has 0 atom stereocenters. The van der Waals surface area contributed by atoms with Gasteiger partial charge in [-0.15, -0.1) is 0 Å². The molecule has 0 saturated carbocycles. The average Bonchev–Trinajstić information content (AvgIpc) is 2.66. The second-order valence-corrected chi connectivity index (χ2v) is 3.81. The van der Waals surface area contributed by atoms with Crippen LogP contribution in [0.15, 0.2) is 18.2 Å². The number of methoxy groups -OCH3 is 1. The van der Waals surface area contributed by atoms with Gasteiger partial charge in [0.15, 0.2) is 0 Å². The Morgan fingerprint density at radius 2 is 2.27 bits per heavy atom. The zero-order valence-electron chi connectivity index (χ0n) is 8.83. The predicted molar refractivity (Wildman–Crippen MR) is 64.6 cm³/mol. The first-order chi connectivity index (χ1) is 7.31. The van der Waals surface area contributed by atoms with Crippen LogP contribution in [0, 0.1) is 0 Å². The Balaban J connectivity index is 2.78. The zero-order valence-corrected chi connectivity index (χ0v) is 10.4. The molecule has 3 nitrogen and oxygen atoms in total. The third-order valence-corrected chi connectivity index (χ3v) is 3.01. The number of nitrogens with zero attached hydrogens (tertiary/aromatic N) is 2. The number of aryl methyl sites for hydroxylation is 1. The van der Waals surface area contributed by atoms with E-state index in [9.17, 15) is 0 Å². The minimum atomic E-state index is 0.789. The van der Waals surface area contributed by atoms with Gasteiger partial charge in [-0.3, -0.25) is 4.68 Å². The van der Waals surface area contributed by atoms with E-state index in [-0.39, 0.29) is 0 Å². The summed E-state index contributed by atoms with van der Waals surface area (Å²) in [5, 5.41) is 6.42. The van der Waals surface area contributed by atoms with Crippen LogP contribution in [-0.2, 0) is 11.9 Å². The highest BCUT2D eigenvalue weighted by atomic mass is 79.9. The maximum Gasteiger partial charge on any atom is 0.130 e. The molecule has 2 aromatic rings. The van der Waals surface area contributed by atoms with Crippen LogP contribution in [0.3, 0.4) is 0 Å². The summed E-state index contributed by atoms with van der Waals surface area (Å²) in [5.74, 6) is 0.890. The number of halogens is 1. The van der Waals surface area contributed by atoms with Crippen LogP contribution in [0.25, 0.3) is 10.9 Å². The highest BCUT2D eigenvalue weighted by Gasteiger charge is 2.12. The third kappa shape index (κ3) is 1.63. The van der Waals surface area contributed by atoms with Crippen molar-refractivity contribution >= 4 is 26.8 Å². The first-order valence-electron chi connectivity index (χ1n) is 4.90. The molecule has 0 saturated heterocycles. The van der Waals surface area contributed by atoms with E-state index in [1.54, 1.807) is 7.11 Å². The lowest BCUT2D eigenvalue weighted by molar-refractivity contribution is 0.419. The van der Waals surface area contributed by atoms with Gasteiger partial charge in [0, 0.05) is 11.9 Å². The average molecular weight is 269 g/mol. The molecule has 1 heterocycles. The number of hydrogen-bond donors (Lipinski definition) is 0. The van der Waals surface area contributed by atoms with E-state index in [2.05, 4.69) is 28.0 Å². The lowest BCUT2D eigenvalue weighted by Crippen LogP contribution is -2.00. The van der Waals surface area contributed by atoms with Crippen molar-refractivity contribution in [2.24, 2.45) is 0 Å². The third-order valence-electron chi connectivity index (χ3n) is 2.48. The lowest BCUT2D eigenvalue weighted by atomic mass is 10.2. The van der Waals surface area contributed by atoms with Crippen LogP contribution in [0.5, 0.6) is 5.75 Å². The number of rotatable bonds is 3. The molecule has 0 amide bonds. The van der Waals surface area contributed by atoms with Crippen molar-refractivity contribution < 1.29 is 4.74 Å². The van der Waals surface area contributed by atoms with Gasteiger partial charge in [0.1, 0.15) is 5.75 Å². The molecular weight excluding hydrogens is 256 g/mol. The van der Waals surface area contributed by atoms with E-state index >= 15 is 0 Å². The summed E-state index contributed by atoms with van der Waals surface area (Å²) in [7, 11) is 1.69. The van der Waals surface area contributed by atoms with E-state index in [0.717, 1.165) is 28.5 Å². The lowest BCUT2D eigenvalue weighted by Gasteiger charge is -2.03. The molecule has 80 valence electrons. The highest BCUT2D eigenvalue weighted by molar-refractivity contribution is 9.08. The van der Waals surface area contributed by atoms with Gasteiger partial charge in [-0.2, -0.15) is 5.10 Å². The van der Waals surface area contributed by atoms with Crippen molar-refractivity contribution in [3.8, 4) is 5.75 Å². The molecule has 0 radical (unpaired) electrons. The van der Waals surface area contributed by atoms with Crippen LogP contribution in [0.4, 0.5) is 0 Å². The molecule has 0 N–H and O–H groups in total. The van der Waals surface area contributed by atoms with Gasteiger partial charge in [0.25, 0.3) is 0 Å². The van der Waals surface area contributed by atoms with Crippen LogP contribution in [0.2, 0.25) is 0 Å². The van der Waals surface area contributed by atoms with Gasteiger partial charge in [0.05, 0.1) is 23.7 Å². The first-order valence-corrected chi connectivity index (χ1v) is 6.02. The van der Waals surface area contributed by atoms with Crippen LogP contribution in [0.1, 0.15) is 12.6 Å². The standard InChI is InChI=1S/C11H13BrN2O/c1-3-14-9(7-12)11-8(13-14)5-4-6-10(11)15-2/h4-6H,3,7H2,1-2H3. The van der Waals surface area contributed by atoms with Gasteiger partial charge in [-0.1, -0.05) is 22.0 Å². The monoisotopic (exact) mass is 268 g/mol. The van der Waals surface area contributed by atoms with Gasteiger partial charge in [0.2, 0.25) is 0 Å². The summed E-state index contributed by atoms with van der Waals surface area (Å²) in [4.78, 5) is 0. The number of benzene rings is 1. The SMILES string of the molecule is CCn1nc2cccc(OC)c2c1CBr. The highest BCUT2D eigenvalue weighted by Crippen LogP contribution is 2.29. The molecule has 2 rings (SSSR count). The fourth-order valence-corrected chi connectivity index (χ4v) is 2.35. The molecule has 0 aliphatic rings. The molecule has 0 bridgehead atoms. The molecule has 1 aromatic carbocycles. The van der Waals surface area contributed by atoms with Gasteiger partial charge in [-0.05, 0) is 19.1 Å². The predicted octanol–water partition coefficient (Wildman–Crippen LogP) is 2.96. The number of hydrogen-bond acceptors (Lipinski definition) is 2. The molecule has 15 heavy (non-hydrogen) atoms. The summed E-state index contributed by atoms with van der Waals surface area (Å²) >= 11 is 3.50. The first kappa shape index (κ1) is 10.5. The molecule has 0 aliphatic heterocycles. The Morgan fingerprint density at radius 3 is 2.87 bits per heavy atom. The van der Waals surface area contributed by atoms with Crippen LogP contribution >= 0.6 is 15.9 Å². The number of alkyl halides is 1. The summed E-state index contributed by atoms with van der Waals surface area (Å²) < 4.78 is 7.36. The number of fused-ring (bicyclic) bond motifs is 1. The van der Waals surface area contributed by atoms with E-state index in [1.807, 2.05) is 22.9 Å². The molecule has 4 heteroatoms. The Kier molecular flexibility index (Phi) is 2.95. The second-order valence-electron chi connectivity index (χ2n) is 3.25. The summed E-state index contributed by atoms with van der Waals surface area (Å²) in [6.45, 7) is 2.96. The Morgan fingerprint density at radius 1 is 1.47 bits per heavy atom. The quantitative estimate of drug-likeness (QED) is 0.801. The molecule has 0 unspecified atom stereocenters. The van der Waals surface area contributed by atoms with Crippen molar-refractivity contribution in [2.45, 2.75) is 18.8 Å². The number of aromatic nitrogens is 2. The minimum Gasteiger partial charge on any atom is -0.496 e. The van der Waals surface area contributed by atoms with Gasteiger partial charge < -0.3 is 4.74 Å². The Hall–Kier alpha value is -1.03. The maximum absolute atomic E-state index is 5.35. The van der Waals surface area contributed by atoms with Crippen molar-refractivity contribution in [1.82, 2.24) is 9.78 Å². The normalized spacial score (nSPS) is 10.9. The topological polar surface area (TPSA) is 27.1 Å². The van der Waals surface area contributed by atoms with E-state index in [0.29, 0.717) is 0 Å². The maximum atomic E-state index is 5.35. The van der Waals surface area contributed by atoms with Crippen molar-refractivity contribution in [3.63, 3.8) is 0 Å². The largest absolute Gasteiger partial charge is 0.496 e. The fraction of sp³-hybridized carbons (Fsp3) is 0.364. The van der Waals surface area contributed by atoms with E-state index in [4.69, 9.17) is 4.74 Å². The molecule has 0 spiro atoms. The molecule has 0 fully saturated rings. The Labute approximate surface area is 97.2 Å². The zero-order chi connectivity index (χ0) is 10.8. The molecular formula is C11H13BrN2O. The summed E-state index contributed by atoms with van der Waals surface area (Å²) in [5.41, 5.74) is 2.16. The van der Waals surface area contributed by atoms with Crippen LogP contribution in [-0.4, -0.2) is 16.9 Å². The molecule has 1 aromatic heterocycles. The fourth-order valence-electron chi connectivity index (χ4n) is 1.78. The summed E-state index contributed by atoms with van der Waals surface area (Å²) in [6, 6.07) is 5.94. The van der Waals surface area contributed by atoms with Gasteiger partial charge in [-0.25, -0.2) is 0 Å².